The minimum absolute atomic E-state index is 1.16. The molecule has 0 fully saturated rings. The van der Waals surface area contributed by atoms with E-state index in [1.54, 1.807) is 0 Å². The average molecular weight is 269 g/mol. The molecule has 0 saturated heterocycles. The summed E-state index contributed by atoms with van der Waals surface area (Å²) < 4.78 is 3.45. The van der Waals surface area contributed by atoms with Crippen molar-refractivity contribution in [1.82, 2.24) is 4.58 Å². The van der Waals surface area contributed by atoms with Crippen molar-refractivity contribution in [3.05, 3.63) is 47.8 Å². The van der Waals surface area contributed by atoms with Crippen LogP contribution in [0.5, 0.6) is 0 Å². The third kappa shape index (κ3) is 2.22. The predicted molar refractivity (Wildman–Crippen MR) is 85.1 cm³/mol. The van der Waals surface area contributed by atoms with E-state index in [9.17, 15) is 0 Å². The van der Waals surface area contributed by atoms with E-state index < -0.39 is 0 Å². The molecule has 0 atom stereocenters. The van der Waals surface area contributed by atoms with Gasteiger partial charge in [-0.2, -0.15) is 0 Å². The number of benzene rings is 2. The Hall–Kier alpha value is -1.87. The third-order valence-corrected chi connectivity index (χ3v) is 4.49. The molecule has 1 heterocycles. The van der Waals surface area contributed by atoms with Crippen LogP contribution >= 0.6 is 11.3 Å². The van der Waals surface area contributed by atoms with Crippen LogP contribution in [0.1, 0.15) is 0 Å². The first-order valence-corrected chi connectivity index (χ1v) is 7.15. The molecule has 1 aromatic carbocycles. The maximum Gasteiger partial charge on any atom is 0.200 e. The van der Waals surface area contributed by atoms with E-state index in [2.05, 4.69) is 66.5 Å². The molecule has 3 rings (SSSR count). The summed E-state index contributed by atoms with van der Waals surface area (Å²) in [6, 6.07) is 15.4. The molecule has 2 aliphatic rings. The highest BCUT2D eigenvalue weighted by molar-refractivity contribution is 7.21. The number of nitrogens with zero attached hydrogens (tertiary/aromatic N) is 1. The molecule has 1 aliphatic heterocycles. The van der Waals surface area contributed by atoms with Gasteiger partial charge in [-0.05, 0) is 35.2 Å². The molecule has 0 unspecified atom stereocenters. The summed E-state index contributed by atoms with van der Waals surface area (Å²) in [6.45, 7) is 0. The number of fused-ring (bicyclic) bond motifs is 2. The van der Waals surface area contributed by atoms with Crippen LogP contribution in [0.4, 0.5) is 5.69 Å². The van der Waals surface area contributed by atoms with Gasteiger partial charge in [-0.25, -0.2) is 4.58 Å². The second kappa shape index (κ2) is 4.67. The number of nitrogens with one attached hydrogen (secondary N) is 1. The Morgan fingerprint density at radius 1 is 1.00 bits per heavy atom. The van der Waals surface area contributed by atoms with Gasteiger partial charge in [-0.15, -0.1) is 11.3 Å². The molecule has 0 aromatic heterocycles. The number of anilines is 1. The van der Waals surface area contributed by atoms with E-state index in [4.69, 9.17) is 0 Å². The average Bonchev–Trinajstić information content (AvgIpc) is 2.43. The van der Waals surface area contributed by atoms with Gasteiger partial charge in [0.1, 0.15) is 14.1 Å². The molecule has 1 aliphatic carbocycles. The van der Waals surface area contributed by atoms with Crippen molar-refractivity contribution in [3.63, 3.8) is 0 Å². The van der Waals surface area contributed by atoms with Crippen LogP contribution in [0.3, 0.4) is 0 Å². The summed E-state index contributed by atoms with van der Waals surface area (Å²) in [5, 5.41) is 5.74. The number of hydrogen-bond acceptors (Lipinski definition) is 2. The molecule has 19 heavy (non-hydrogen) atoms. The zero-order valence-electron chi connectivity index (χ0n) is 11.4. The Bertz CT molecular complexity index is 782. The quantitative estimate of drug-likeness (QED) is 0.530. The Balaban J connectivity index is 2.34. The van der Waals surface area contributed by atoms with Crippen molar-refractivity contribution >= 4 is 27.1 Å². The topological polar surface area (TPSA) is 15.0 Å². The lowest BCUT2D eigenvalue weighted by molar-refractivity contribution is 0.814. The Morgan fingerprint density at radius 2 is 1.84 bits per heavy atom. The van der Waals surface area contributed by atoms with Crippen LogP contribution in [0.15, 0.2) is 42.5 Å². The van der Waals surface area contributed by atoms with Gasteiger partial charge in [0.15, 0.2) is 0 Å². The second-order valence-electron chi connectivity index (χ2n) is 4.87. The molecule has 0 radical (unpaired) electrons. The van der Waals surface area contributed by atoms with Crippen LogP contribution in [0, 0.1) is 0 Å². The van der Waals surface area contributed by atoms with Gasteiger partial charge in [0.2, 0.25) is 5.36 Å². The number of rotatable bonds is 1. The van der Waals surface area contributed by atoms with Gasteiger partial charge in [0.05, 0.1) is 0 Å². The smallest absolute Gasteiger partial charge is 0.200 e. The Kier molecular flexibility index (Phi) is 2.99. The Labute approximate surface area is 117 Å². The molecule has 1 aromatic rings. The van der Waals surface area contributed by atoms with Crippen LogP contribution in [0.25, 0.3) is 20.5 Å². The van der Waals surface area contributed by atoms with E-state index in [0.29, 0.717) is 0 Å². The van der Waals surface area contributed by atoms with E-state index in [1.807, 2.05) is 18.4 Å². The molecule has 3 heteroatoms. The van der Waals surface area contributed by atoms with Gasteiger partial charge in [-0.1, -0.05) is 6.07 Å². The first-order chi connectivity index (χ1) is 9.17. The monoisotopic (exact) mass is 269 g/mol. The molecule has 0 spiro atoms. The van der Waals surface area contributed by atoms with Crippen molar-refractivity contribution < 1.29 is 0 Å². The fraction of sp³-hybridized carbons (Fsp3) is 0.188. The van der Waals surface area contributed by atoms with Crippen LogP contribution in [0.2, 0.25) is 0 Å². The second-order valence-corrected chi connectivity index (χ2v) is 5.95. The van der Waals surface area contributed by atoms with Gasteiger partial charge in [0, 0.05) is 34.4 Å². The summed E-state index contributed by atoms with van der Waals surface area (Å²) in [5.74, 6) is 0. The highest BCUT2D eigenvalue weighted by Gasteiger charge is 2.07. The summed E-state index contributed by atoms with van der Waals surface area (Å²) in [4.78, 5) is 1.33. The number of hydrogen-bond donors (Lipinski definition) is 1. The minimum atomic E-state index is 1.16. The van der Waals surface area contributed by atoms with Crippen LogP contribution < -0.4 is 15.2 Å². The van der Waals surface area contributed by atoms with Crippen molar-refractivity contribution in [2.24, 2.45) is 0 Å². The van der Waals surface area contributed by atoms with E-state index in [0.717, 1.165) is 5.69 Å². The lowest BCUT2D eigenvalue weighted by atomic mass is 10.1. The molecule has 1 N–H and O–H groups in total. The van der Waals surface area contributed by atoms with Gasteiger partial charge < -0.3 is 5.32 Å². The lowest BCUT2D eigenvalue weighted by Gasteiger charge is -2.08. The van der Waals surface area contributed by atoms with Crippen LogP contribution in [-0.4, -0.2) is 21.1 Å². The van der Waals surface area contributed by atoms with Gasteiger partial charge >= 0.3 is 0 Å². The molecule has 0 bridgehead atoms. The maximum atomic E-state index is 3.20. The zero-order chi connectivity index (χ0) is 13.4. The normalized spacial score (nSPS) is 10.9. The van der Waals surface area contributed by atoms with E-state index in [-0.39, 0.29) is 0 Å². The summed E-state index contributed by atoms with van der Waals surface area (Å²) in [6.07, 6.45) is 0. The molecule has 2 nitrogen and oxygen atoms in total. The summed E-state index contributed by atoms with van der Waals surface area (Å²) in [7, 11) is 6.11. The standard InChI is InChI=1S/C16H16N2S/c1-17-13-6-4-11-8-12-5-7-14(18(2)3)10-16(12)19-15(11)9-13/h4-10H,1-3H3/p+1. The fourth-order valence-corrected chi connectivity index (χ4v) is 3.28. The van der Waals surface area contributed by atoms with Crippen molar-refractivity contribution in [2.75, 3.05) is 26.5 Å². The first-order valence-electron chi connectivity index (χ1n) is 6.33. The van der Waals surface area contributed by atoms with Crippen molar-refractivity contribution in [2.45, 2.75) is 0 Å². The minimum Gasteiger partial charge on any atom is -0.388 e. The zero-order valence-corrected chi connectivity index (χ0v) is 12.2. The molecule has 0 saturated carbocycles. The SMILES string of the molecule is CNc1ccc2cc3ccc(=[N+](C)C)cc-3sc2c1. The van der Waals surface area contributed by atoms with Crippen LogP contribution in [-0.2, 0) is 0 Å². The fourth-order valence-electron chi connectivity index (χ4n) is 2.19. The lowest BCUT2D eigenvalue weighted by Crippen LogP contribution is -2.20. The summed E-state index contributed by atoms with van der Waals surface area (Å²) >= 11 is 1.85. The third-order valence-electron chi connectivity index (χ3n) is 3.35. The maximum absolute atomic E-state index is 3.20. The summed E-state index contributed by atoms with van der Waals surface area (Å²) in [5.41, 5.74) is 2.46. The highest BCUT2D eigenvalue weighted by Crippen LogP contribution is 2.33. The molecular formula is C16H17N2S+. The molecular weight excluding hydrogens is 252 g/mol. The van der Waals surface area contributed by atoms with Gasteiger partial charge in [0.25, 0.3) is 0 Å². The Morgan fingerprint density at radius 3 is 2.58 bits per heavy atom. The highest BCUT2D eigenvalue weighted by atomic mass is 32.1. The van der Waals surface area contributed by atoms with Crippen molar-refractivity contribution in [1.29, 1.82) is 0 Å². The molecule has 96 valence electrons. The largest absolute Gasteiger partial charge is 0.388 e. The van der Waals surface area contributed by atoms with E-state index in [1.165, 1.54) is 25.9 Å². The molecule has 0 amide bonds. The van der Waals surface area contributed by atoms with Gasteiger partial charge in [-0.3, -0.25) is 0 Å². The van der Waals surface area contributed by atoms with Crippen molar-refractivity contribution in [3.8, 4) is 10.4 Å². The first kappa shape index (κ1) is 12.2. The van der Waals surface area contributed by atoms with E-state index >= 15 is 0 Å². The predicted octanol–water partition coefficient (Wildman–Crippen LogP) is 3.08.